The minimum Gasteiger partial charge on any atom is -0.463 e. The normalized spacial score (nSPS) is 11.2. The number of unbranched alkanes of at least 4 members (excludes halogenated alkanes) is 15. The van der Waals surface area contributed by atoms with Gasteiger partial charge in [0.05, 0.1) is 36.9 Å². The van der Waals surface area contributed by atoms with Crippen LogP contribution >= 0.6 is 35.3 Å². The van der Waals surface area contributed by atoms with Crippen LogP contribution in [-0.2, 0) is 48.2 Å². The third-order valence-corrected chi connectivity index (χ3v) is 11.8. The monoisotopic (exact) mass is 819 g/mol. The lowest BCUT2D eigenvalue weighted by atomic mass is 10.1. The van der Waals surface area contributed by atoms with Gasteiger partial charge in [-0.1, -0.05) is 117 Å². The Morgan fingerprint density at radius 3 is 0.907 bits per heavy atom. The van der Waals surface area contributed by atoms with Crippen molar-refractivity contribution in [2.24, 2.45) is 0 Å². The molecule has 0 aliphatic rings. The van der Waals surface area contributed by atoms with Crippen LogP contribution in [0.15, 0.2) is 14.4 Å². The average molecular weight is 820 g/mol. The molecule has 0 fully saturated rings. The lowest BCUT2D eigenvalue weighted by Crippen LogP contribution is -2.55. The quantitative estimate of drug-likeness (QED) is 0.0388. The maximum atomic E-state index is 13.4. The first-order valence-corrected chi connectivity index (χ1v) is 23.9. The molecule has 1 rings (SSSR count). The second-order valence-corrected chi connectivity index (χ2v) is 16.7. The Morgan fingerprint density at radius 1 is 0.407 bits per heavy atom. The molecule has 1 aromatic rings. The Balaban J connectivity index is 2.76. The minimum absolute atomic E-state index is 0.165. The van der Waals surface area contributed by atoms with E-state index in [1.54, 1.807) is 0 Å². The summed E-state index contributed by atoms with van der Waals surface area (Å²) >= 11 is 4.46. The van der Waals surface area contributed by atoms with Crippen LogP contribution < -0.4 is 17.1 Å². The summed E-state index contributed by atoms with van der Waals surface area (Å²) in [5, 5.41) is 0. The largest absolute Gasteiger partial charge is 0.463 e. The van der Waals surface area contributed by atoms with Crippen molar-refractivity contribution in [1.82, 2.24) is 13.7 Å². The van der Waals surface area contributed by atoms with Gasteiger partial charge in [0, 0.05) is 0 Å². The zero-order chi connectivity index (χ0) is 39.7. The van der Waals surface area contributed by atoms with Crippen LogP contribution in [-0.4, -0.2) is 85.9 Å². The molecule has 15 heteroatoms. The van der Waals surface area contributed by atoms with Gasteiger partial charge in [-0.25, -0.2) is 28.1 Å². The van der Waals surface area contributed by atoms with Crippen LogP contribution in [0.1, 0.15) is 136 Å². The average Bonchev–Trinajstić information content (AvgIpc) is 3.15. The second kappa shape index (κ2) is 34.1. The number of ether oxygens (including phenoxy) is 3. The molecule has 0 radical (unpaired) electrons. The van der Waals surface area contributed by atoms with Gasteiger partial charge in [0.25, 0.3) is 0 Å². The molecule has 0 atom stereocenters. The Bertz CT molecular complexity index is 1150. The van der Waals surface area contributed by atoms with E-state index in [1.165, 1.54) is 112 Å². The lowest BCUT2D eigenvalue weighted by Gasteiger charge is -2.14. The van der Waals surface area contributed by atoms with Gasteiger partial charge in [-0.3, -0.25) is 14.4 Å². The number of nitrogens with zero attached hydrogens (tertiary/aromatic N) is 3. The third kappa shape index (κ3) is 24.4. The van der Waals surface area contributed by atoms with Crippen molar-refractivity contribution in [2.45, 2.75) is 156 Å². The molecule has 0 aromatic carbocycles. The van der Waals surface area contributed by atoms with Crippen LogP contribution in [0.3, 0.4) is 0 Å². The number of esters is 3. The van der Waals surface area contributed by atoms with Crippen LogP contribution in [0.4, 0.5) is 0 Å². The summed E-state index contributed by atoms with van der Waals surface area (Å²) in [5.41, 5.74) is -2.69. The first kappa shape index (κ1) is 49.9. The first-order chi connectivity index (χ1) is 26.3. The van der Waals surface area contributed by atoms with Crippen molar-refractivity contribution in [2.75, 3.05) is 54.3 Å². The van der Waals surface area contributed by atoms with E-state index in [2.05, 4.69) is 20.8 Å². The molecular weight excluding hydrogens is 751 g/mol. The summed E-state index contributed by atoms with van der Waals surface area (Å²) in [6.45, 7) is 5.03. The first-order valence-electron chi connectivity index (χ1n) is 20.4. The predicted octanol–water partition coefficient (Wildman–Crippen LogP) is 7.08. The molecule has 1 heterocycles. The maximum absolute atomic E-state index is 13.4. The number of thioether (sulfide) groups is 3. The van der Waals surface area contributed by atoms with E-state index < -0.39 is 35.0 Å². The van der Waals surface area contributed by atoms with Crippen LogP contribution in [0, 0.1) is 0 Å². The molecular formula is C39H69N3O9S3. The Hall–Kier alpha value is -2.13. The highest BCUT2D eigenvalue weighted by Gasteiger charge is 2.17. The second-order valence-electron chi connectivity index (χ2n) is 13.4. The molecule has 0 amide bonds. The summed E-state index contributed by atoms with van der Waals surface area (Å²) < 4.78 is 18.4. The topological polar surface area (TPSA) is 145 Å². The van der Waals surface area contributed by atoms with Crippen molar-refractivity contribution in [3.05, 3.63) is 31.5 Å². The molecule has 0 saturated heterocycles. The SMILES string of the molecule is CCCCCCCCSCC(=O)OCCn1c(=O)n(CCOC(=O)CSCCCCCCCC)c(=O)n(CCOC(=O)CSCCCCCCCC)c1=O. The van der Waals surface area contributed by atoms with Gasteiger partial charge in [0.15, 0.2) is 0 Å². The number of rotatable bonds is 36. The van der Waals surface area contributed by atoms with Gasteiger partial charge in [0.2, 0.25) is 0 Å². The number of hydrogen-bond acceptors (Lipinski definition) is 12. The zero-order valence-corrected chi connectivity index (χ0v) is 35.9. The molecule has 0 bridgehead atoms. The highest BCUT2D eigenvalue weighted by molar-refractivity contribution is 8.00. The van der Waals surface area contributed by atoms with Crippen LogP contribution in [0.2, 0.25) is 0 Å². The fraction of sp³-hybridized carbons (Fsp3) is 0.846. The van der Waals surface area contributed by atoms with E-state index in [4.69, 9.17) is 14.2 Å². The van der Waals surface area contributed by atoms with Crippen molar-refractivity contribution >= 4 is 53.2 Å². The zero-order valence-electron chi connectivity index (χ0n) is 33.5. The molecule has 12 nitrogen and oxygen atoms in total. The summed E-state index contributed by atoms with van der Waals surface area (Å²) in [5.74, 6) is 1.69. The summed E-state index contributed by atoms with van der Waals surface area (Å²) in [6, 6.07) is 0. The lowest BCUT2D eigenvalue weighted by molar-refractivity contribution is -0.141. The predicted molar refractivity (Wildman–Crippen MR) is 224 cm³/mol. The molecule has 0 aliphatic carbocycles. The van der Waals surface area contributed by atoms with Crippen molar-refractivity contribution in [3.8, 4) is 0 Å². The van der Waals surface area contributed by atoms with Gasteiger partial charge in [-0.05, 0) is 36.5 Å². The molecule has 0 saturated carbocycles. The van der Waals surface area contributed by atoms with Crippen molar-refractivity contribution in [3.63, 3.8) is 0 Å². The van der Waals surface area contributed by atoms with Gasteiger partial charge in [-0.2, -0.15) is 35.3 Å². The van der Waals surface area contributed by atoms with Crippen LogP contribution in [0.5, 0.6) is 0 Å². The van der Waals surface area contributed by atoms with E-state index in [0.29, 0.717) is 0 Å². The standard InChI is InChI=1S/C39H69N3O9S3/c1-4-7-10-13-16-19-28-52-31-34(43)49-25-22-40-37(46)41(23-26-50-35(44)32-53-29-20-17-14-11-8-5-2)39(48)42(38(40)47)24-27-51-36(45)33-54-30-21-18-15-12-9-6-3/h4-33H2,1-3H3. The highest BCUT2D eigenvalue weighted by Crippen LogP contribution is 2.12. The van der Waals surface area contributed by atoms with E-state index >= 15 is 0 Å². The molecule has 1 aromatic heterocycles. The van der Waals surface area contributed by atoms with Crippen molar-refractivity contribution < 1.29 is 28.6 Å². The highest BCUT2D eigenvalue weighted by atomic mass is 32.2. The molecule has 0 aliphatic heterocycles. The minimum atomic E-state index is -0.897. The molecule has 0 N–H and O–H groups in total. The fourth-order valence-electron chi connectivity index (χ4n) is 5.55. The van der Waals surface area contributed by atoms with E-state index in [-0.39, 0.29) is 56.7 Å². The van der Waals surface area contributed by atoms with E-state index in [9.17, 15) is 28.8 Å². The molecule has 0 spiro atoms. The van der Waals surface area contributed by atoms with Crippen molar-refractivity contribution in [1.29, 1.82) is 0 Å². The van der Waals surface area contributed by atoms with Gasteiger partial charge in [0.1, 0.15) is 19.8 Å². The van der Waals surface area contributed by atoms with Gasteiger partial charge in [-0.15, -0.1) is 0 Å². The van der Waals surface area contributed by atoms with Gasteiger partial charge >= 0.3 is 35.0 Å². The summed E-state index contributed by atoms with van der Waals surface area (Å²) in [6.07, 6.45) is 21.0. The number of hydrogen-bond donors (Lipinski definition) is 0. The molecule has 312 valence electrons. The van der Waals surface area contributed by atoms with Gasteiger partial charge < -0.3 is 14.2 Å². The molecule has 0 unspecified atom stereocenters. The molecule has 54 heavy (non-hydrogen) atoms. The Kier molecular flexibility index (Phi) is 31.5. The van der Waals surface area contributed by atoms with Crippen LogP contribution in [0.25, 0.3) is 0 Å². The maximum Gasteiger partial charge on any atom is 0.336 e. The number of carbonyl (C=O) groups is 3. The summed E-state index contributed by atoms with van der Waals surface area (Å²) in [7, 11) is 0. The summed E-state index contributed by atoms with van der Waals surface area (Å²) in [4.78, 5) is 77.1. The number of aromatic nitrogens is 3. The van der Waals surface area contributed by atoms with E-state index in [1.807, 2.05) is 0 Å². The Labute approximate surface area is 336 Å². The fourth-order valence-corrected chi connectivity index (χ4v) is 7.96. The third-order valence-electron chi connectivity index (χ3n) is 8.71. The van der Waals surface area contributed by atoms with E-state index in [0.717, 1.165) is 69.5 Å². The number of carbonyl (C=O) groups excluding carboxylic acids is 3. The Morgan fingerprint density at radius 2 is 0.648 bits per heavy atom. The smallest absolute Gasteiger partial charge is 0.336 e.